The number of rotatable bonds is 5. The lowest BCUT2D eigenvalue weighted by Gasteiger charge is -2.33. The second kappa shape index (κ2) is 8.77. The number of ether oxygens (including phenoxy) is 3. The number of nitriles is 1. The summed E-state index contributed by atoms with van der Waals surface area (Å²) in [4.78, 5) is 19.1. The molecule has 0 radical (unpaired) electrons. The third kappa shape index (κ3) is 4.54. The molecule has 3 atom stereocenters. The molecule has 1 fully saturated rings. The Hall–Kier alpha value is -3.39. The molecule has 1 aromatic heterocycles. The molecule has 0 spiro atoms. The normalized spacial score (nSPS) is 22.3. The summed E-state index contributed by atoms with van der Waals surface area (Å²) in [6, 6.07) is 10.6. The number of fused-ring (bicyclic) bond motifs is 1. The van der Waals surface area contributed by atoms with E-state index >= 15 is 0 Å². The molecule has 1 amide bonds. The molecule has 0 saturated carbocycles. The second-order valence-electron chi connectivity index (χ2n) is 7.39. The zero-order chi connectivity index (χ0) is 22.0. The average Bonchev–Trinajstić information content (AvgIpc) is 3.19. The van der Waals surface area contributed by atoms with Crippen LogP contribution < -0.4 is 25.0 Å². The van der Waals surface area contributed by atoms with Crippen LogP contribution in [0.25, 0.3) is 0 Å². The molecule has 0 bridgehead atoms. The van der Waals surface area contributed by atoms with E-state index in [1.54, 1.807) is 24.3 Å². The Morgan fingerprint density at radius 1 is 1.45 bits per heavy atom. The van der Waals surface area contributed by atoms with Crippen molar-refractivity contribution in [1.82, 2.24) is 10.3 Å². The summed E-state index contributed by atoms with van der Waals surface area (Å²) < 4.78 is 16.3. The van der Waals surface area contributed by atoms with E-state index in [0.717, 1.165) is 11.3 Å². The maximum absolute atomic E-state index is 12.8. The SMILES string of the molecule is COc1nc(NC(=O)C2CN(C)c3cc(C#N)ccc3O2)ccc1C[C@H]1COC(O)N1. The number of benzene rings is 1. The smallest absolute Gasteiger partial charge is 0.268 e. The predicted octanol–water partition coefficient (Wildman–Crippen LogP) is 0.605. The number of aliphatic hydroxyl groups is 1. The number of nitrogens with zero attached hydrogens (tertiary/aromatic N) is 3. The van der Waals surface area contributed by atoms with Gasteiger partial charge in [-0.25, -0.2) is 0 Å². The summed E-state index contributed by atoms with van der Waals surface area (Å²) in [5, 5.41) is 24.2. The van der Waals surface area contributed by atoms with E-state index < -0.39 is 12.5 Å². The molecule has 10 heteroatoms. The largest absolute Gasteiger partial charge is 0.481 e. The highest BCUT2D eigenvalue weighted by Gasteiger charge is 2.30. The van der Waals surface area contributed by atoms with Crippen LogP contribution in [0.3, 0.4) is 0 Å². The minimum atomic E-state index is -0.965. The molecule has 1 saturated heterocycles. The lowest BCUT2D eigenvalue weighted by Crippen LogP contribution is -2.45. The Labute approximate surface area is 179 Å². The van der Waals surface area contributed by atoms with E-state index in [1.165, 1.54) is 7.11 Å². The first-order valence-electron chi connectivity index (χ1n) is 9.79. The fourth-order valence-corrected chi connectivity index (χ4v) is 3.63. The molecular weight excluding hydrogens is 402 g/mol. The molecule has 2 aliphatic heterocycles. The van der Waals surface area contributed by atoms with Crippen LogP contribution in [0.4, 0.5) is 11.5 Å². The Kier molecular flexibility index (Phi) is 5.90. The van der Waals surface area contributed by atoms with Gasteiger partial charge in [0, 0.05) is 18.7 Å². The van der Waals surface area contributed by atoms with E-state index in [0.29, 0.717) is 42.6 Å². The summed E-state index contributed by atoms with van der Waals surface area (Å²) >= 11 is 0. The number of carbonyl (C=O) groups excluding carboxylic acids is 1. The van der Waals surface area contributed by atoms with Crippen LogP contribution in [0.2, 0.25) is 0 Å². The fourth-order valence-electron chi connectivity index (χ4n) is 3.63. The van der Waals surface area contributed by atoms with Crippen LogP contribution in [0.1, 0.15) is 11.1 Å². The van der Waals surface area contributed by atoms with Gasteiger partial charge in [0.15, 0.2) is 6.10 Å². The summed E-state index contributed by atoms with van der Waals surface area (Å²) in [6.45, 7) is 0.714. The highest BCUT2D eigenvalue weighted by atomic mass is 16.6. The van der Waals surface area contributed by atoms with Gasteiger partial charge < -0.3 is 29.5 Å². The van der Waals surface area contributed by atoms with Gasteiger partial charge in [0.1, 0.15) is 11.6 Å². The van der Waals surface area contributed by atoms with E-state index in [-0.39, 0.29) is 11.9 Å². The third-order valence-electron chi connectivity index (χ3n) is 5.18. The van der Waals surface area contributed by atoms with Gasteiger partial charge in [0.05, 0.1) is 37.6 Å². The van der Waals surface area contributed by atoms with Crippen LogP contribution in [0.15, 0.2) is 30.3 Å². The number of likely N-dealkylation sites (N-methyl/N-ethyl adjacent to an activating group) is 1. The minimum absolute atomic E-state index is 0.0565. The van der Waals surface area contributed by atoms with Gasteiger partial charge in [-0.05, 0) is 36.8 Å². The minimum Gasteiger partial charge on any atom is -0.481 e. The van der Waals surface area contributed by atoms with Crippen LogP contribution in [0.5, 0.6) is 11.6 Å². The molecule has 31 heavy (non-hydrogen) atoms. The Morgan fingerprint density at radius 3 is 3.00 bits per heavy atom. The van der Waals surface area contributed by atoms with Gasteiger partial charge in [-0.2, -0.15) is 10.2 Å². The predicted molar refractivity (Wildman–Crippen MR) is 111 cm³/mol. The molecule has 1 aromatic carbocycles. The summed E-state index contributed by atoms with van der Waals surface area (Å²) in [6.07, 6.45) is -1.15. The van der Waals surface area contributed by atoms with Crippen molar-refractivity contribution in [2.45, 2.75) is 25.0 Å². The van der Waals surface area contributed by atoms with Gasteiger partial charge >= 0.3 is 0 Å². The first kappa shape index (κ1) is 20.9. The molecule has 3 heterocycles. The van der Waals surface area contributed by atoms with E-state index in [2.05, 4.69) is 21.7 Å². The first-order chi connectivity index (χ1) is 15.0. The number of amides is 1. The van der Waals surface area contributed by atoms with Crippen LogP contribution in [0, 0.1) is 11.3 Å². The molecular formula is C21H23N5O5. The lowest BCUT2D eigenvalue weighted by molar-refractivity contribution is -0.122. The fraction of sp³-hybridized carbons (Fsp3) is 0.381. The van der Waals surface area contributed by atoms with Gasteiger partial charge in [-0.15, -0.1) is 0 Å². The summed E-state index contributed by atoms with van der Waals surface area (Å²) in [5.74, 6) is 0.940. The quantitative estimate of drug-likeness (QED) is 0.631. The number of pyridine rings is 1. The topological polar surface area (TPSA) is 129 Å². The number of carbonyl (C=O) groups is 1. The number of aliphatic hydroxyl groups excluding tert-OH is 1. The van der Waals surface area contributed by atoms with Crippen molar-refractivity contribution < 1.29 is 24.1 Å². The highest BCUT2D eigenvalue weighted by molar-refractivity contribution is 5.94. The molecule has 2 aromatic rings. The number of nitrogens with one attached hydrogen (secondary N) is 2. The number of hydrogen-bond acceptors (Lipinski definition) is 9. The van der Waals surface area contributed by atoms with Crippen molar-refractivity contribution in [2.24, 2.45) is 0 Å². The van der Waals surface area contributed by atoms with Crippen molar-refractivity contribution >= 4 is 17.4 Å². The van der Waals surface area contributed by atoms with Crippen molar-refractivity contribution in [3.63, 3.8) is 0 Å². The first-order valence-corrected chi connectivity index (χ1v) is 9.79. The van der Waals surface area contributed by atoms with Crippen molar-refractivity contribution in [1.29, 1.82) is 5.26 Å². The van der Waals surface area contributed by atoms with Crippen molar-refractivity contribution in [3.8, 4) is 17.7 Å². The molecule has 2 unspecified atom stereocenters. The molecule has 162 valence electrons. The maximum atomic E-state index is 12.8. The molecule has 4 rings (SSSR count). The van der Waals surface area contributed by atoms with E-state index in [1.807, 2.05) is 18.0 Å². The van der Waals surface area contributed by atoms with Gasteiger partial charge in [-0.3, -0.25) is 10.1 Å². The van der Waals surface area contributed by atoms with E-state index in [4.69, 9.17) is 19.5 Å². The van der Waals surface area contributed by atoms with Crippen LogP contribution in [-0.2, 0) is 16.0 Å². The maximum Gasteiger partial charge on any atom is 0.268 e. The Balaban J connectivity index is 1.44. The van der Waals surface area contributed by atoms with Crippen LogP contribution >= 0.6 is 0 Å². The highest BCUT2D eigenvalue weighted by Crippen LogP contribution is 2.33. The zero-order valence-electron chi connectivity index (χ0n) is 17.2. The average molecular weight is 425 g/mol. The molecule has 2 aliphatic rings. The molecule has 3 N–H and O–H groups in total. The van der Waals surface area contributed by atoms with Crippen molar-refractivity contribution in [2.75, 3.05) is 37.5 Å². The number of anilines is 2. The Morgan fingerprint density at radius 2 is 2.29 bits per heavy atom. The van der Waals surface area contributed by atoms with E-state index in [9.17, 15) is 9.90 Å². The van der Waals surface area contributed by atoms with Gasteiger partial charge in [0.25, 0.3) is 5.91 Å². The second-order valence-corrected chi connectivity index (χ2v) is 7.39. The van der Waals surface area contributed by atoms with Crippen LogP contribution in [-0.4, -0.2) is 61.9 Å². The van der Waals surface area contributed by atoms with Crippen molar-refractivity contribution in [3.05, 3.63) is 41.5 Å². The Bertz CT molecular complexity index is 1020. The van der Waals surface area contributed by atoms with Gasteiger partial charge in [0.2, 0.25) is 12.3 Å². The molecule has 0 aliphatic carbocycles. The summed E-state index contributed by atoms with van der Waals surface area (Å²) in [7, 11) is 3.35. The number of hydrogen-bond donors (Lipinski definition) is 3. The summed E-state index contributed by atoms with van der Waals surface area (Å²) in [5.41, 5.74) is 2.12. The number of aromatic nitrogens is 1. The monoisotopic (exact) mass is 425 g/mol. The molecule has 10 nitrogen and oxygen atoms in total. The number of methoxy groups -OCH3 is 1. The standard InChI is InChI=1S/C21H23N5O5/c1-26-10-17(31-16-5-3-12(9-22)7-15(16)26)19(27)24-18-6-4-13(20(25-18)29-2)8-14-11-30-21(28)23-14/h3-7,14,17,21,23,28H,8,10-11H2,1-2H3,(H,24,25,27)/t14-,17?,21?/m0/s1. The van der Waals surface area contributed by atoms with Gasteiger partial charge in [-0.1, -0.05) is 0 Å². The third-order valence-corrected chi connectivity index (χ3v) is 5.18. The lowest BCUT2D eigenvalue weighted by atomic mass is 10.1. The zero-order valence-corrected chi connectivity index (χ0v) is 17.2.